The molecule has 0 saturated heterocycles. The maximum atomic E-state index is 12.8. The van der Waals surface area contributed by atoms with Gasteiger partial charge in [0.05, 0.1) is 49.8 Å². The van der Waals surface area contributed by atoms with Crippen LogP contribution < -0.4 is 14.8 Å². The van der Waals surface area contributed by atoms with Crippen LogP contribution in [0.15, 0.2) is 30.3 Å². The van der Waals surface area contributed by atoms with Crippen molar-refractivity contribution in [1.82, 2.24) is 0 Å². The smallest absolute Gasteiger partial charge is 0.339 e. The lowest BCUT2D eigenvalue weighted by Crippen LogP contribution is -2.17. The molecule has 30 heavy (non-hydrogen) atoms. The summed E-state index contributed by atoms with van der Waals surface area (Å²) in [5, 5.41) is 2.80. The van der Waals surface area contributed by atoms with Gasteiger partial charge >= 0.3 is 11.9 Å². The first-order chi connectivity index (χ1) is 14.4. The number of amides is 1. The lowest BCUT2D eigenvalue weighted by atomic mass is 10.1. The molecule has 8 nitrogen and oxygen atoms in total. The van der Waals surface area contributed by atoms with Crippen molar-refractivity contribution >= 4 is 35.1 Å². The van der Waals surface area contributed by atoms with Gasteiger partial charge in [0, 0.05) is 5.56 Å². The van der Waals surface area contributed by atoms with Crippen molar-refractivity contribution < 1.29 is 33.3 Å². The van der Waals surface area contributed by atoms with Gasteiger partial charge in [-0.1, -0.05) is 18.5 Å². The number of esters is 2. The average Bonchev–Trinajstić information content (AvgIpc) is 2.76. The molecule has 2 aromatic rings. The number of carbonyl (C=O) groups excluding carboxylic acids is 3. The first-order valence-corrected chi connectivity index (χ1v) is 9.36. The molecule has 0 aliphatic rings. The van der Waals surface area contributed by atoms with Gasteiger partial charge in [0.1, 0.15) is 0 Å². The Morgan fingerprint density at radius 3 is 2.27 bits per heavy atom. The molecule has 0 unspecified atom stereocenters. The average molecular weight is 436 g/mol. The number of anilines is 1. The molecular formula is C21H22ClNO7. The van der Waals surface area contributed by atoms with E-state index in [1.54, 1.807) is 0 Å². The highest BCUT2D eigenvalue weighted by Crippen LogP contribution is 2.37. The summed E-state index contributed by atoms with van der Waals surface area (Å²) in [6, 6.07) is 6.98. The van der Waals surface area contributed by atoms with Crippen molar-refractivity contribution in [2.75, 3.05) is 33.3 Å². The number of benzene rings is 2. The van der Waals surface area contributed by atoms with Crippen LogP contribution >= 0.6 is 11.6 Å². The number of hydrogen-bond donors (Lipinski definition) is 1. The van der Waals surface area contributed by atoms with Crippen molar-refractivity contribution in [2.45, 2.75) is 13.3 Å². The van der Waals surface area contributed by atoms with E-state index < -0.39 is 17.8 Å². The second kappa shape index (κ2) is 10.5. The first-order valence-electron chi connectivity index (χ1n) is 8.98. The fourth-order valence-corrected chi connectivity index (χ4v) is 2.84. The quantitative estimate of drug-likeness (QED) is 0.626. The molecule has 9 heteroatoms. The van der Waals surface area contributed by atoms with E-state index in [9.17, 15) is 14.4 Å². The van der Waals surface area contributed by atoms with Crippen LogP contribution in [0.3, 0.4) is 0 Å². The molecule has 0 radical (unpaired) electrons. The van der Waals surface area contributed by atoms with Crippen molar-refractivity contribution in [3.05, 3.63) is 52.0 Å². The minimum Gasteiger partial charge on any atom is -0.493 e. The zero-order valence-electron chi connectivity index (χ0n) is 17.0. The van der Waals surface area contributed by atoms with Gasteiger partial charge in [-0.3, -0.25) is 4.79 Å². The number of nitrogens with one attached hydrogen (secondary N) is 1. The molecule has 0 saturated carbocycles. The first kappa shape index (κ1) is 23.0. The number of ether oxygens (including phenoxy) is 4. The van der Waals surface area contributed by atoms with E-state index in [0.29, 0.717) is 12.4 Å². The van der Waals surface area contributed by atoms with Gasteiger partial charge in [0.15, 0.2) is 11.5 Å². The number of carbonyl (C=O) groups is 3. The molecule has 0 spiro atoms. The summed E-state index contributed by atoms with van der Waals surface area (Å²) >= 11 is 6.27. The fourth-order valence-electron chi connectivity index (χ4n) is 2.57. The van der Waals surface area contributed by atoms with Crippen molar-refractivity contribution in [3.63, 3.8) is 0 Å². The summed E-state index contributed by atoms with van der Waals surface area (Å²) in [4.78, 5) is 36.7. The third kappa shape index (κ3) is 5.21. The zero-order valence-corrected chi connectivity index (χ0v) is 17.8. The van der Waals surface area contributed by atoms with Gasteiger partial charge in [-0.05, 0) is 36.8 Å². The van der Waals surface area contributed by atoms with Crippen LogP contribution in [0.25, 0.3) is 0 Å². The molecule has 0 aromatic heterocycles. The van der Waals surface area contributed by atoms with Gasteiger partial charge < -0.3 is 24.3 Å². The van der Waals surface area contributed by atoms with Crippen LogP contribution in [0.5, 0.6) is 11.5 Å². The molecule has 1 amide bonds. The standard InChI is InChI=1S/C21H22ClNO7/c1-5-8-30-18-15(22)9-13(11-17(18)27-2)19(24)23-16-10-12(20(25)28-3)6-7-14(16)21(26)29-4/h6-7,9-11H,5,8H2,1-4H3,(H,23,24). The van der Waals surface area contributed by atoms with E-state index in [2.05, 4.69) is 10.1 Å². The van der Waals surface area contributed by atoms with E-state index >= 15 is 0 Å². The Labute approximate surface area is 179 Å². The minimum absolute atomic E-state index is 0.0689. The molecular weight excluding hydrogens is 414 g/mol. The van der Waals surface area contributed by atoms with E-state index in [4.69, 9.17) is 25.8 Å². The Bertz CT molecular complexity index is 959. The summed E-state index contributed by atoms with van der Waals surface area (Å²) in [6.45, 7) is 2.38. The predicted molar refractivity (Wildman–Crippen MR) is 111 cm³/mol. The third-order valence-electron chi connectivity index (χ3n) is 4.04. The highest BCUT2D eigenvalue weighted by Gasteiger charge is 2.20. The van der Waals surface area contributed by atoms with Crippen LogP contribution in [-0.4, -0.2) is 45.8 Å². The highest BCUT2D eigenvalue weighted by molar-refractivity contribution is 6.32. The minimum atomic E-state index is -0.680. The number of halogens is 1. The summed E-state index contributed by atoms with van der Waals surface area (Å²) in [5.74, 6) is -1.26. The summed E-state index contributed by atoms with van der Waals surface area (Å²) in [5.41, 5.74) is 0.468. The normalized spacial score (nSPS) is 10.2. The van der Waals surface area contributed by atoms with Gasteiger partial charge in [0.2, 0.25) is 0 Å². The third-order valence-corrected chi connectivity index (χ3v) is 4.32. The van der Waals surface area contributed by atoms with Crippen LogP contribution in [0.1, 0.15) is 44.4 Å². The second-order valence-electron chi connectivity index (χ2n) is 6.04. The lowest BCUT2D eigenvalue weighted by Gasteiger charge is -2.15. The topological polar surface area (TPSA) is 100 Å². The lowest BCUT2D eigenvalue weighted by molar-refractivity contribution is 0.0587. The van der Waals surface area contributed by atoms with Crippen LogP contribution in [-0.2, 0) is 9.47 Å². The Kier molecular flexibility index (Phi) is 8.06. The van der Waals surface area contributed by atoms with Gasteiger partial charge in [-0.15, -0.1) is 0 Å². The second-order valence-corrected chi connectivity index (χ2v) is 6.44. The SMILES string of the molecule is CCCOc1c(Cl)cc(C(=O)Nc2cc(C(=O)OC)ccc2C(=O)OC)cc1OC. The molecule has 2 aromatic carbocycles. The summed E-state index contributed by atoms with van der Waals surface area (Å²) in [6.07, 6.45) is 0.772. The molecule has 0 aliphatic heterocycles. The Hall–Kier alpha value is -3.26. The maximum absolute atomic E-state index is 12.8. The van der Waals surface area contributed by atoms with Crippen LogP contribution in [0.2, 0.25) is 5.02 Å². The Morgan fingerprint density at radius 1 is 0.967 bits per heavy atom. The van der Waals surface area contributed by atoms with Crippen molar-refractivity contribution in [3.8, 4) is 11.5 Å². The molecule has 1 N–H and O–H groups in total. The van der Waals surface area contributed by atoms with Gasteiger partial charge in [-0.25, -0.2) is 9.59 Å². The van der Waals surface area contributed by atoms with Crippen molar-refractivity contribution in [1.29, 1.82) is 0 Å². The van der Waals surface area contributed by atoms with Crippen LogP contribution in [0.4, 0.5) is 5.69 Å². The van der Waals surface area contributed by atoms with E-state index in [1.807, 2.05) is 6.92 Å². The number of methoxy groups -OCH3 is 3. The molecule has 0 aliphatic carbocycles. The van der Waals surface area contributed by atoms with Crippen molar-refractivity contribution in [2.24, 2.45) is 0 Å². The van der Waals surface area contributed by atoms with Crippen LogP contribution in [0, 0.1) is 0 Å². The molecule has 0 heterocycles. The zero-order chi connectivity index (χ0) is 22.3. The molecule has 0 bridgehead atoms. The monoisotopic (exact) mass is 435 g/mol. The molecule has 160 valence electrons. The van der Waals surface area contributed by atoms with E-state index in [1.165, 1.54) is 51.7 Å². The Morgan fingerprint density at radius 2 is 1.67 bits per heavy atom. The van der Waals surface area contributed by atoms with E-state index in [0.717, 1.165) is 6.42 Å². The molecule has 2 rings (SSSR count). The fraction of sp³-hybridized carbons (Fsp3) is 0.286. The van der Waals surface area contributed by atoms with E-state index in [-0.39, 0.29) is 33.1 Å². The molecule has 0 fully saturated rings. The Balaban J connectivity index is 2.42. The summed E-state index contributed by atoms with van der Waals surface area (Å²) < 4.78 is 20.3. The number of hydrogen-bond acceptors (Lipinski definition) is 7. The highest BCUT2D eigenvalue weighted by atomic mass is 35.5. The van der Waals surface area contributed by atoms with Gasteiger partial charge in [0.25, 0.3) is 5.91 Å². The number of rotatable bonds is 8. The molecule has 0 atom stereocenters. The summed E-state index contributed by atoms with van der Waals surface area (Å²) in [7, 11) is 3.87. The predicted octanol–water partition coefficient (Wildman–Crippen LogP) is 3.96. The largest absolute Gasteiger partial charge is 0.493 e. The van der Waals surface area contributed by atoms with Gasteiger partial charge in [-0.2, -0.15) is 0 Å². The maximum Gasteiger partial charge on any atom is 0.339 e.